The molecule has 0 saturated heterocycles. The fourth-order valence-electron chi connectivity index (χ4n) is 6.13. The van der Waals surface area contributed by atoms with Crippen molar-refractivity contribution in [1.29, 1.82) is 0 Å². The van der Waals surface area contributed by atoms with Crippen LogP contribution in [0, 0.1) is 0 Å². The van der Waals surface area contributed by atoms with E-state index in [1.54, 1.807) is 97.1 Å². The van der Waals surface area contributed by atoms with Crippen LogP contribution in [0.1, 0.15) is 22.3 Å². The molecule has 0 aliphatic heterocycles. The molecule has 15 heteroatoms. The van der Waals surface area contributed by atoms with Crippen molar-refractivity contribution < 1.29 is 35.5 Å². The van der Waals surface area contributed by atoms with Crippen molar-refractivity contribution in [1.82, 2.24) is 0 Å². The zero-order chi connectivity index (χ0) is 38.0. The Morgan fingerprint density at radius 2 is 0.818 bits per heavy atom. The summed E-state index contributed by atoms with van der Waals surface area (Å²) in [6.45, 7) is 0. The number of ketones is 2. The molecule has 2 aliphatic rings. The summed E-state index contributed by atoms with van der Waals surface area (Å²) in [5, 5.41) is 10.1. The van der Waals surface area contributed by atoms with Crippen molar-refractivity contribution in [3.8, 4) is 0 Å². The maximum absolute atomic E-state index is 12.2. The largest absolute Gasteiger partial charge is 2.00 e. The van der Waals surface area contributed by atoms with E-state index < -0.39 is 30.0 Å². The number of hydrazone groups is 2. The summed E-state index contributed by atoms with van der Waals surface area (Å²) in [4.78, 5) is 23.7. The van der Waals surface area contributed by atoms with Gasteiger partial charge in [-0.15, -0.1) is 0 Å². The van der Waals surface area contributed by atoms with E-state index >= 15 is 0 Å². The van der Waals surface area contributed by atoms with Crippen LogP contribution in [0.3, 0.4) is 0 Å². The Morgan fingerprint density at radius 1 is 0.455 bits per heavy atom. The summed E-state index contributed by atoms with van der Waals surface area (Å²) >= 11 is 0. The van der Waals surface area contributed by atoms with Crippen LogP contribution in [0.4, 0.5) is 11.4 Å². The first kappa shape index (κ1) is 39.4. The molecule has 0 fully saturated rings. The van der Waals surface area contributed by atoms with E-state index in [1.165, 1.54) is 24.3 Å². The van der Waals surface area contributed by atoms with Gasteiger partial charge < -0.3 is 9.11 Å². The third kappa shape index (κ3) is 8.35. The molecule has 6 aromatic carbocycles. The van der Waals surface area contributed by atoms with Crippen LogP contribution in [-0.4, -0.2) is 86.7 Å². The number of hydrogen-bond acceptors (Lipinski definition) is 12. The van der Waals surface area contributed by atoms with Gasteiger partial charge in [-0.25, -0.2) is 16.8 Å². The molecule has 0 bridgehead atoms. The number of carbonyl (C=O) groups excluding carboxylic acids is 2. The topological polar surface area (TPSA) is 197 Å². The van der Waals surface area contributed by atoms with Crippen LogP contribution in [-0.2, 0) is 29.8 Å². The average Bonchev–Trinajstić information content (AvgIpc) is 3.16. The summed E-state index contributed by atoms with van der Waals surface area (Å²) < 4.78 is 71.2. The van der Waals surface area contributed by atoms with Crippen molar-refractivity contribution in [3.63, 3.8) is 0 Å². The monoisotopic (exact) mass is 794 g/mol. The molecule has 268 valence electrons. The number of nitrogens with one attached hydrogen (secondary N) is 2. The predicted octanol–water partition coefficient (Wildman–Crippen LogP) is 5.93. The van der Waals surface area contributed by atoms with Crippen LogP contribution in [0.2, 0.25) is 0 Å². The Bertz CT molecular complexity index is 2690. The third-order valence-corrected chi connectivity index (χ3v) is 10.4. The van der Waals surface area contributed by atoms with E-state index in [0.717, 1.165) is 11.1 Å². The minimum atomic E-state index is -4.77. The summed E-state index contributed by atoms with van der Waals surface area (Å²) in [5.41, 5.74) is 8.47. The summed E-state index contributed by atoms with van der Waals surface area (Å²) in [6.07, 6.45) is 6.18. The molecular formula is C40H26CaN4O8S2. The molecule has 0 unspecified atom stereocenters. The Kier molecular flexibility index (Phi) is 11.6. The summed E-state index contributed by atoms with van der Waals surface area (Å²) in [7, 11) is -9.54. The Hall–Kier alpha value is -5.32. The van der Waals surface area contributed by atoms with E-state index in [-0.39, 0.29) is 72.1 Å². The van der Waals surface area contributed by atoms with Crippen LogP contribution in [0.5, 0.6) is 0 Å². The smallest absolute Gasteiger partial charge is 0.744 e. The van der Waals surface area contributed by atoms with Crippen LogP contribution in [0.15, 0.2) is 153 Å². The van der Waals surface area contributed by atoms with Crippen molar-refractivity contribution in [3.05, 3.63) is 156 Å². The van der Waals surface area contributed by atoms with Crippen LogP contribution < -0.4 is 10.9 Å². The van der Waals surface area contributed by atoms with Gasteiger partial charge in [0.25, 0.3) is 0 Å². The average molecular weight is 795 g/mol. The quantitative estimate of drug-likeness (QED) is 0.116. The van der Waals surface area contributed by atoms with Gasteiger partial charge in [-0.2, -0.15) is 10.2 Å². The molecule has 2 aliphatic carbocycles. The van der Waals surface area contributed by atoms with Gasteiger partial charge in [-0.3, -0.25) is 20.4 Å². The number of anilines is 2. The summed E-state index contributed by atoms with van der Waals surface area (Å²) in [5.74, 6) is -0.623. The molecule has 12 nitrogen and oxygen atoms in total. The van der Waals surface area contributed by atoms with Gasteiger partial charge in [-0.1, -0.05) is 121 Å². The zero-order valence-electron chi connectivity index (χ0n) is 28.5. The zero-order valence-corrected chi connectivity index (χ0v) is 32.4. The van der Waals surface area contributed by atoms with Gasteiger partial charge in [0, 0.05) is 21.9 Å². The second-order valence-corrected chi connectivity index (χ2v) is 14.6. The minimum Gasteiger partial charge on any atom is -0.744 e. The van der Waals surface area contributed by atoms with E-state index in [2.05, 4.69) is 21.1 Å². The number of rotatable bonds is 6. The molecular weight excluding hydrogens is 769 g/mol. The van der Waals surface area contributed by atoms with Gasteiger partial charge >= 0.3 is 37.7 Å². The maximum atomic E-state index is 12.2. The normalized spacial score (nSPS) is 14.9. The molecule has 0 saturated carbocycles. The van der Waals surface area contributed by atoms with Crippen molar-refractivity contribution >= 4 is 126 Å². The SMILES string of the molecule is O=C1C=Cc2ccccc2/C1=N/Nc1ccc2ccccc2c1S(=O)(=O)[O-].O=C1C=Cc2ccccc2/C1=N/Nc1ccc2ccccc2c1S(=O)(=O)[O-].[Ca+2]. The molecule has 0 heterocycles. The van der Waals surface area contributed by atoms with E-state index in [0.29, 0.717) is 32.7 Å². The molecule has 0 radical (unpaired) electrons. The maximum Gasteiger partial charge on any atom is 2.00 e. The first-order valence-electron chi connectivity index (χ1n) is 16.2. The van der Waals surface area contributed by atoms with E-state index in [1.807, 2.05) is 24.3 Å². The van der Waals surface area contributed by atoms with Crippen LogP contribution in [0.25, 0.3) is 33.7 Å². The Morgan fingerprint density at radius 3 is 1.22 bits per heavy atom. The minimum absolute atomic E-state index is 0. The number of nitrogens with zero attached hydrogens (tertiary/aromatic N) is 2. The van der Waals surface area contributed by atoms with E-state index in [4.69, 9.17) is 0 Å². The molecule has 8 rings (SSSR count). The number of carbonyl (C=O) groups is 2. The number of allylic oxidation sites excluding steroid dienone is 2. The molecule has 0 amide bonds. The molecule has 0 spiro atoms. The van der Waals surface area contributed by atoms with Crippen molar-refractivity contribution in [2.24, 2.45) is 10.2 Å². The number of fused-ring (bicyclic) bond motifs is 4. The third-order valence-electron chi connectivity index (χ3n) is 8.56. The fourth-order valence-corrected chi connectivity index (χ4v) is 7.81. The molecule has 0 aromatic heterocycles. The van der Waals surface area contributed by atoms with Crippen molar-refractivity contribution in [2.75, 3.05) is 10.9 Å². The second kappa shape index (κ2) is 16.2. The van der Waals surface area contributed by atoms with E-state index in [9.17, 15) is 35.5 Å². The van der Waals surface area contributed by atoms with Crippen molar-refractivity contribution in [2.45, 2.75) is 9.79 Å². The molecule has 6 aromatic rings. The summed E-state index contributed by atoms with van der Waals surface area (Å²) in [6, 6.07) is 34.1. The molecule has 2 N–H and O–H groups in total. The van der Waals surface area contributed by atoms with Gasteiger partial charge in [0.2, 0.25) is 11.6 Å². The van der Waals surface area contributed by atoms with Gasteiger partial charge in [0.15, 0.2) is 0 Å². The standard InChI is InChI=1S/2C20H14N2O4S.Ca/c2*23-18-12-10-13-5-1-3-7-15(13)19(18)22-21-17-11-9-14-6-2-4-8-16(14)20(17)27(24,25)26;/h2*1-12,21H,(H,24,25,26);/q;;+2/p-2/b2*22-19-;. The van der Waals surface area contributed by atoms with Gasteiger partial charge in [0.1, 0.15) is 31.7 Å². The second-order valence-electron chi connectivity index (χ2n) is 11.9. The number of benzene rings is 6. The first-order chi connectivity index (χ1) is 25.9. The molecule has 0 atom stereocenters. The number of hydrogen-bond donors (Lipinski definition) is 2. The first-order valence-corrected chi connectivity index (χ1v) is 19.0. The van der Waals surface area contributed by atoms with Gasteiger partial charge in [-0.05, 0) is 46.2 Å². The predicted molar refractivity (Wildman–Crippen MR) is 211 cm³/mol. The Balaban J connectivity index is 0.000000184. The molecule has 55 heavy (non-hydrogen) atoms. The van der Waals surface area contributed by atoms with Gasteiger partial charge in [0.05, 0.1) is 21.2 Å². The fraction of sp³-hybridized carbons (Fsp3) is 0. The Labute approximate surface area is 345 Å². The van der Waals surface area contributed by atoms with Crippen LogP contribution >= 0.6 is 0 Å².